The summed E-state index contributed by atoms with van der Waals surface area (Å²) < 4.78 is 32.3. The van der Waals surface area contributed by atoms with Crippen molar-refractivity contribution in [2.45, 2.75) is 39.0 Å². The fourth-order valence-corrected chi connectivity index (χ4v) is 7.37. The Hall–Kier alpha value is -5.44. The predicted octanol–water partition coefficient (Wildman–Crippen LogP) is 8.81. The summed E-state index contributed by atoms with van der Waals surface area (Å²) in [5.74, 6) is -0.487. The summed E-state index contributed by atoms with van der Waals surface area (Å²) in [6.07, 6.45) is 5.68. The van der Waals surface area contributed by atoms with Gasteiger partial charge in [0.25, 0.3) is 0 Å². The van der Waals surface area contributed by atoms with E-state index in [-0.39, 0.29) is 11.6 Å². The van der Waals surface area contributed by atoms with E-state index in [4.69, 9.17) is 15.7 Å². The Labute approximate surface area is 289 Å². The first-order chi connectivity index (χ1) is 24.6. The first-order valence-electron chi connectivity index (χ1n) is 17.2. The number of para-hydroxylation sites is 2. The molecule has 0 spiro atoms. The fourth-order valence-electron chi connectivity index (χ4n) is 7.37. The average Bonchev–Trinajstić information content (AvgIpc) is 3.64. The van der Waals surface area contributed by atoms with Crippen LogP contribution in [0.5, 0.6) is 0 Å². The maximum absolute atomic E-state index is 13.8. The molecule has 0 bridgehead atoms. The highest BCUT2D eigenvalue weighted by Crippen LogP contribution is 2.34. The highest BCUT2D eigenvalue weighted by atomic mass is 19.1. The van der Waals surface area contributed by atoms with Gasteiger partial charge in [0.05, 0.1) is 22.4 Å². The molecule has 0 atom stereocenters. The van der Waals surface area contributed by atoms with Crippen LogP contribution in [0, 0.1) is 11.6 Å². The zero-order valence-electron chi connectivity index (χ0n) is 27.8. The Kier molecular flexibility index (Phi) is 8.79. The van der Waals surface area contributed by atoms with Crippen LogP contribution >= 0.6 is 0 Å². The van der Waals surface area contributed by atoms with Crippen molar-refractivity contribution >= 4 is 43.6 Å². The molecule has 6 nitrogen and oxygen atoms in total. The summed E-state index contributed by atoms with van der Waals surface area (Å²) in [5.41, 5.74) is 14.4. The Morgan fingerprint density at radius 1 is 0.540 bits per heavy atom. The normalized spacial score (nSPS) is 11.9. The summed E-state index contributed by atoms with van der Waals surface area (Å²) in [5, 5.41) is 4.63. The number of rotatable bonds is 12. The van der Waals surface area contributed by atoms with E-state index in [0.29, 0.717) is 32.7 Å². The van der Waals surface area contributed by atoms with Gasteiger partial charge in [0.2, 0.25) is 0 Å². The van der Waals surface area contributed by atoms with Crippen molar-refractivity contribution in [1.29, 1.82) is 0 Å². The topological polar surface area (TPSA) is 64.9 Å². The smallest absolute Gasteiger partial charge is 0.123 e. The number of halogens is 2. The third kappa shape index (κ3) is 6.12. The molecule has 0 saturated carbocycles. The second kappa shape index (κ2) is 13.8. The van der Waals surface area contributed by atoms with E-state index in [1.165, 1.54) is 35.0 Å². The number of fused-ring (bicyclic) bond motifs is 6. The van der Waals surface area contributed by atoms with Crippen molar-refractivity contribution in [2.75, 3.05) is 13.1 Å². The summed E-state index contributed by atoms with van der Waals surface area (Å²) >= 11 is 0. The number of nitrogens with two attached hydrogens (primary N) is 1. The van der Waals surface area contributed by atoms with Gasteiger partial charge in [-0.2, -0.15) is 0 Å². The molecule has 0 aliphatic rings. The van der Waals surface area contributed by atoms with Gasteiger partial charge >= 0.3 is 0 Å². The van der Waals surface area contributed by atoms with E-state index in [1.54, 1.807) is 0 Å². The third-order valence-corrected chi connectivity index (χ3v) is 9.69. The van der Waals surface area contributed by atoms with Crippen LogP contribution in [0.1, 0.15) is 35.4 Å². The maximum Gasteiger partial charge on any atom is 0.123 e. The van der Waals surface area contributed by atoms with E-state index in [1.807, 2.05) is 36.7 Å². The summed E-state index contributed by atoms with van der Waals surface area (Å²) in [6.45, 7) is 3.87. The van der Waals surface area contributed by atoms with Gasteiger partial charge in [-0.3, -0.25) is 14.9 Å². The largest absolute Gasteiger partial charge is 0.334 e. The average molecular weight is 665 g/mol. The molecular weight excluding hydrogens is 627 g/mol. The van der Waals surface area contributed by atoms with E-state index in [9.17, 15) is 8.78 Å². The molecule has 0 aliphatic carbocycles. The first-order valence-corrected chi connectivity index (χ1v) is 17.2. The number of hydrogen-bond acceptors (Lipinski definition) is 4. The van der Waals surface area contributed by atoms with E-state index in [2.05, 4.69) is 74.7 Å². The molecule has 250 valence electrons. The number of pyridine rings is 2. The Morgan fingerprint density at radius 3 is 1.46 bits per heavy atom. The number of unbranched alkanes of at least 4 members (excludes halogenated alkanes) is 1. The lowest BCUT2D eigenvalue weighted by Crippen LogP contribution is -2.26. The molecule has 0 unspecified atom stereocenters. The van der Waals surface area contributed by atoms with Crippen molar-refractivity contribution in [2.24, 2.45) is 5.73 Å². The molecule has 4 aromatic heterocycles. The molecule has 4 heterocycles. The van der Waals surface area contributed by atoms with Gasteiger partial charge < -0.3 is 14.9 Å². The highest BCUT2D eigenvalue weighted by molar-refractivity contribution is 6.09. The van der Waals surface area contributed by atoms with E-state index in [0.717, 1.165) is 74.7 Å². The van der Waals surface area contributed by atoms with Crippen LogP contribution in [0.4, 0.5) is 8.78 Å². The number of aromatic nitrogens is 4. The summed E-state index contributed by atoms with van der Waals surface area (Å²) in [7, 11) is 0. The molecule has 8 heteroatoms. The molecule has 8 aromatic rings. The maximum atomic E-state index is 13.8. The van der Waals surface area contributed by atoms with Gasteiger partial charge in [-0.05, 0) is 85.6 Å². The second-order valence-corrected chi connectivity index (χ2v) is 13.0. The predicted molar refractivity (Wildman–Crippen MR) is 198 cm³/mol. The molecule has 0 fully saturated rings. The number of hydrogen-bond donors (Lipinski definition) is 1. The van der Waals surface area contributed by atoms with Crippen molar-refractivity contribution in [3.05, 3.63) is 156 Å². The molecular formula is C42H38F2N6. The Morgan fingerprint density at radius 2 is 1.00 bits per heavy atom. The van der Waals surface area contributed by atoms with Crippen LogP contribution in [-0.2, 0) is 26.2 Å². The fraction of sp³-hybridized carbons (Fsp3) is 0.190. The molecule has 2 N–H and O–H groups in total. The van der Waals surface area contributed by atoms with Crippen molar-refractivity contribution in [1.82, 2.24) is 24.0 Å². The minimum absolute atomic E-state index is 0.244. The minimum Gasteiger partial charge on any atom is -0.334 e. The van der Waals surface area contributed by atoms with Gasteiger partial charge in [0.1, 0.15) is 11.6 Å². The van der Waals surface area contributed by atoms with Crippen LogP contribution < -0.4 is 5.73 Å². The molecule has 0 saturated heterocycles. The quantitative estimate of drug-likeness (QED) is 0.133. The van der Waals surface area contributed by atoms with E-state index < -0.39 is 0 Å². The SMILES string of the molecule is NCCCCN(Cc1nccc2c3ccccc3n(Cc3ccc(F)cc3)c12)Cc1nccc2c3ccccc3n(Cc3ccc(F)cc3)c12. The van der Waals surface area contributed by atoms with Gasteiger partial charge in [0.15, 0.2) is 0 Å². The molecule has 50 heavy (non-hydrogen) atoms. The van der Waals surface area contributed by atoms with Crippen molar-refractivity contribution in [3.8, 4) is 0 Å². The highest BCUT2D eigenvalue weighted by Gasteiger charge is 2.21. The van der Waals surface area contributed by atoms with Crippen LogP contribution in [0.2, 0.25) is 0 Å². The molecule has 4 aromatic carbocycles. The zero-order valence-corrected chi connectivity index (χ0v) is 27.8. The van der Waals surface area contributed by atoms with Crippen LogP contribution in [0.15, 0.2) is 122 Å². The number of benzene rings is 4. The lowest BCUT2D eigenvalue weighted by molar-refractivity contribution is 0.247. The van der Waals surface area contributed by atoms with Crippen molar-refractivity contribution in [3.63, 3.8) is 0 Å². The standard InChI is InChI=1S/C42H38F2N6/c43-31-15-11-29(12-16-31)25-49-39-9-3-1-7-33(39)35-19-22-46-37(41(35)49)27-48(24-6-5-21-45)28-38-42-36(20-23-47-38)34-8-2-4-10-40(34)50(42)26-30-13-17-32(44)18-14-30/h1-4,7-20,22-23H,5-6,21,24-28,45H2. The first kappa shape index (κ1) is 31.8. The molecule has 0 radical (unpaired) electrons. The summed E-state index contributed by atoms with van der Waals surface area (Å²) in [4.78, 5) is 12.4. The Balaban J connectivity index is 1.22. The Bertz CT molecular complexity index is 2260. The van der Waals surface area contributed by atoms with Crippen LogP contribution in [0.25, 0.3) is 43.6 Å². The minimum atomic E-state index is -0.244. The third-order valence-electron chi connectivity index (χ3n) is 9.69. The lowest BCUT2D eigenvalue weighted by Gasteiger charge is -2.23. The molecule has 0 amide bonds. The van der Waals surface area contributed by atoms with Gasteiger partial charge in [-0.25, -0.2) is 8.78 Å². The lowest BCUT2D eigenvalue weighted by atomic mass is 10.1. The second-order valence-electron chi connectivity index (χ2n) is 13.0. The summed E-state index contributed by atoms with van der Waals surface area (Å²) in [6, 6.07) is 34.5. The van der Waals surface area contributed by atoms with Crippen molar-refractivity contribution < 1.29 is 8.78 Å². The van der Waals surface area contributed by atoms with Crippen LogP contribution in [-0.4, -0.2) is 37.1 Å². The van der Waals surface area contributed by atoms with Crippen LogP contribution in [0.3, 0.4) is 0 Å². The zero-order chi connectivity index (χ0) is 34.0. The molecule has 0 aliphatic heterocycles. The van der Waals surface area contributed by atoms with E-state index >= 15 is 0 Å². The molecule has 8 rings (SSSR count). The monoisotopic (exact) mass is 664 g/mol. The number of nitrogens with zero attached hydrogens (tertiary/aromatic N) is 5. The van der Waals surface area contributed by atoms with Gasteiger partial charge in [0, 0.05) is 71.2 Å². The van der Waals surface area contributed by atoms with Gasteiger partial charge in [-0.15, -0.1) is 0 Å². The van der Waals surface area contributed by atoms with Gasteiger partial charge in [-0.1, -0.05) is 60.7 Å².